The molecule has 2 aromatic rings. The molecule has 0 saturated heterocycles. The van der Waals surface area contributed by atoms with Crippen LogP contribution in [0.25, 0.3) is 0 Å². The van der Waals surface area contributed by atoms with Crippen molar-refractivity contribution in [2.75, 3.05) is 22.4 Å². The molecule has 2 aromatic carbocycles. The van der Waals surface area contributed by atoms with E-state index in [1.807, 2.05) is 39.0 Å². The lowest BCUT2D eigenvalue weighted by molar-refractivity contribution is -0.114. The third kappa shape index (κ3) is 4.82. The normalized spacial score (nSPS) is 11.5. The van der Waals surface area contributed by atoms with E-state index in [2.05, 4.69) is 5.32 Å². The molecule has 26 heavy (non-hydrogen) atoms. The average molecular weight is 378 g/mol. The summed E-state index contributed by atoms with van der Waals surface area (Å²) in [6.07, 6.45) is 1.08. The maximum absolute atomic E-state index is 13.0. The third-order valence-electron chi connectivity index (χ3n) is 3.96. The van der Waals surface area contributed by atoms with Gasteiger partial charge in [0.25, 0.3) is 0 Å². The standard InChI is InChI=1S/C19H23FN2O3S/c1-13(2)17-7-5-6-14(3)19(17)22(26(4,24)25)12-18(23)21-16-10-8-15(20)9-11-16/h5-11,13H,12H2,1-4H3,(H,21,23). The zero-order valence-electron chi connectivity index (χ0n) is 15.3. The summed E-state index contributed by atoms with van der Waals surface area (Å²) in [5.74, 6) is -0.823. The van der Waals surface area contributed by atoms with Gasteiger partial charge in [0.1, 0.15) is 12.4 Å². The van der Waals surface area contributed by atoms with Crippen molar-refractivity contribution in [2.45, 2.75) is 26.7 Å². The van der Waals surface area contributed by atoms with Crippen molar-refractivity contribution in [1.29, 1.82) is 0 Å². The lowest BCUT2D eigenvalue weighted by atomic mass is 9.98. The van der Waals surface area contributed by atoms with Crippen LogP contribution < -0.4 is 9.62 Å². The quantitative estimate of drug-likeness (QED) is 0.834. The van der Waals surface area contributed by atoms with Crippen LogP contribution in [0.3, 0.4) is 0 Å². The fourth-order valence-corrected chi connectivity index (χ4v) is 3.65. The van der Waals surface area contributed by atoms with Gasteiger partial charge in [-0.3, -0.25) is 9.10 Å². The Morgan fingerprint density at radius 2 is 1.77 bits per heavy atom. The van der Waals surface area contributed by atoms with Crippen LogP contribution in [-0.2, 0) is 14.8 Å². The Bertz CT molecular complexity index is 894. The van der Waals surface area contributed by atoms with E-state index in [-0.39, 0.29) is 12.5 Å². The first kappa shape index (κ1) is 19.9. The molecular weight excluding hydrogens is 355 g/mol. The Labute approximate surface area is 153 Å². The predicted octanol–water partition coefficient (Wildman–Crippen LogP) is 3.66. The highest BCUT2D eigenvalue weighted by Gasteiger charge is 2.25. The number of sulfonamides is 1. The molecule has 1 amide bonds. The van der Waals surface area contributed by atoms with Crippen molar-refractivity contribution in [3.05, 3.63) is 59.4 Å². The fourth-order valence-electron chi connectivity index (χ4n) is 2.71. The minimum absolute atomic E-state index is 0.0920. The molecule has 0 spiro atoms. The molecule has 0 atom stereocenters. The first-order chi connectivity index (χ1) is 12.1. The molecule has 0 fully saturated rings. The molecule has 140 valence electrons. The van der Waals surface area contributed by atoms with Crippen LogP contribution in [0.2, 0.25) is 0 Å². The molecule has 1 N–H and O–H groups in total. The number of halogens is 1. The Balaban J connectivity index is 2.35. The Morgan fingerprint density at radius 3 is 2.31 bits per heavy atom. The van der Waals surface area contributed by atoms with Gasteiger partial charge in [-0.05, 0) is 48.2 Å². The number of para-hydroxylation sites is 1. The number of hydrogen-bond donors (Lipinski definition) is 1. The maximum Gasteiger partial charge on any atom is 0.245 e. The van der Waals surface area contributed by atoms with Crippen LogP contribution in [0.15, 0.2) is 42.5 Å². The van der Waals surface area contributed by atoms with Gasteiger partial charge < -0.3 is 5.32 Å². The minimum atomic E-state index is -3.68. The largest absolute Gasteiger partial charge is 0.325 e. The number of hydrogen-bond acceptors (Lipinski definition) is 3. The zero-order chi connectivity index (χ0) is 19.5. The van der Waals surface area contributed by atoms with Gasteiger partial charge >= 0.3 is 0 Å². The Kier molecular flexibility index (Phi) is 6.02. The van der Waals surface area contributed by atoms with Crippen molar-refractivity contribution >= 4 is 27.3 Å². The molecule has 0 aliphatic heterocycles. The molecule has 2 rings (SSSR count). The first-order valence-corrected chi connectivity index (χ1v) is 10.1. The van der Waals surface area contributed by atoms with Gasteiger partial charge in [-0.2, -0.15) is 0 Å². The highest BCUT2D eigenvalue weighted by atomic mass is 32.2. The number of nitrogens with one attached hydrogen (secondary N) is 1. The predicted molar refractivity (Wildman–Crippen MR) is 102 cm³/mol. The summed E-state index contributed by atoms with van der Waals surface area (Å²) in [6, 6.07) is 10.8. The lowest BCUT2D eigenvalue weighted by Crippen LogP contribution is -2.38. The molecule has 0 saturated carbocycles. The Morgan fingerprint density at radius 1 is 1.15 bits per heavy atom. The second kappa shape index (κ2) is 7.86. The summed E-state index contributed by atoms with van der Waals surface area (Å²) in [5.41, 5.74) is 2.55. The van der Waals surface area contributed by atoms with Gasteiger partial charge in [0, 0.05) is 5.69 Å². The van der Waals surface area contributed by atoms with Crippen LogP contribution in [0.1, 0.15) is 30.9 Å². The average Bonchev–Trinajstić information content (AvgIpc) is 2.54. The molecule has 0 heterocycles. The maximum atomic E-state index is 13.0. The fraction of sp³-hybridized carbons (Fsp3) is 0.316. The van der Waals surface area contributed by atoms with E-state index >= 15 is 0 Å². The second-order valence-electron chi connectivity index (χ2n) is 6.49. The number of carbonyl (C=O) groups is 1. The summed E-state index contributed by atoms with van der Waals surface area (Å²) >= 11 is 0. The molecule has 0 unspecified atom stereocenters. The van der Waals surface area contributed by atoms with Crippen molar-refractivity contribution in [2.24, 2.45) is 0 Å². The van der Waals surface area contributed by atoms with Gasteiger partial charge in [-0.25, -0.2) is 12.8 Å². The molecule has 0 radical (unpaired) electrons. The minimum Gasteiger partial charge on any atom is -0.325 e. The number of aryl methyl sites for hydroxylation is 1. The second-order valence-corrected chi connectivity index (χ2v) is 8.40. The van der Waals surface area contributed by atoms with E-state index in [0.29, 0.717) is 11.4 Å². The Hall–Kier alpha value is -2.41. The summed E-state index contributed by atoms with van der Waals surface area (Å²) < 4.78 is 38.9. The van der Waals surface area contributed by atoms with Crippen LogP contribution in [0, 0.1) is 12.7 Å². The molecule has 0 aromatic heterocycles. The monoisotopic (exact) mass is 378 g/mol. The smallest absolute Gasteiger partial charge is 0.245 e. The van der Waals surface area contributed by atoms with Crippen LogP contribution in [0.5, 0.6) is 0 Å². The highest BCUT2D eigenvalue weighted by molar-refractivity contribution is 7.92. The van der Waals surface area contributed by atoms with Gasteiger partial charge in [0.2, 0.25) is 15.9 Å². The molecular formula is C19H23FN2O3S. The molecule has 7 heteroatoms. The molecule has 0 bridgehead atoms. The first-order valence-electron chi connectivity index (χ1n) is 8.22. The van der Waals surface area contributed by atoms with Crippen molar-refractivity contribution in [1.82, 2.24) is 0 Å². The van der Waals surface area contributed by atoms with E-state index in [0.717, 1.165) is 21.7 Å². The van der Waals surface area contributed by atoms with Crippen LogP contribution >= 0.6 is 0 Å². The van der Waals surface area contributed by atoms with Gasteiger partial charge in [0.05, 0.1) is 11.9 Å². The van der Waals surface area contributed by atoms with Gasteiger partial charge in [-0.1, -0.05) is 32.0 Å². The van der Waals surface area contributed by atoms with Crippen LogP contribution in [0.4, 0.5) is 15.8 Å². The van der Waals surface area contributed by atoms with Gasteiger partial charge in [0.15, 0.2) is 0 Å². The van der Waals surface area contributed by atoms with E-state index in [4.69, 9.17) is 0 Å². The van der Waals surface area contributed by atoms with E-state index < -0.39 is 21.7 Å². The van der Waals surface area contributed by atoms with E-state index in [1.165, 1.54) is 24.3 Å². The molecule has 5 nitrogen and oxygen atoms in total. The number of carbonyl (C=O) groups excluding carboxylic acids is 1. The highest BCUT2D eigenvalue weighted by Crippen LogP contribution is 2.32. The van der Waals surface area contributed by atoms with Gasteiger partial charge in [-0.15, -0.1) is 0 Å². The van der Waals surface area contributed by atoms with Crippen molar-refractivity contribution < 1.29 is 17.6 Å². The molecule has 0 aliphatic carbocycles. The van der Waals surface area contributed by atoms with E-state index in [1.54, 1.807) is 0 Å². The number of rotatable bonds is 6. The SMILES string of the molecule is Cc1cccc(C(C)C)c1N(CC(=O)Nc1ccc(F)cc1)S(C)(=O)=O. The summed E-state index contributed by atoms with van der Waals surface area (Å²) in [7, 11) is -3.68. The number of nitrogens with zero attached hydrogens (tertiary/aromatic N) is 1. The topological polar surface area (TPSA) is 66.5 Å². The van der Waals surface area contributed by atoms with Crippen LogP contribution in [-0.4, -0.2) is 27.1 Å². The zero-order valence-corrected chi connectivity index (χ0v) is 16.1. The van der Waals surface area contributed by atoms with Crippen molar-refractivity contribution in [3.63, 3.8) is 0 Å². The molecule has 0 aliphatic rings. The number of benzene rings is 2. The van der Waals surface area contributed by atoms with Crippen molar-refractivity contribution in [3.8, 4) is 0 Å². The third-order valence-corrected chi connectivity index (χ3v) is 5.07. The summed E-state index contributed by atoms with van der Waals surface area (Å²) in [6.45, 7) is 5.40. The summed E-state index contributed by atoms with van der Waals surface area (Å²) in [5, 5.41) is 2.60. The summed E-state index contributed by atoms with van der Waals surface area (Å²) in [4.78, 5) is 12.4. The number of anilines is 2. The lowest BCUT2D eigenvalue weighted by Gasteiger charge is -2.27. The number of amides is 1. The van der Waals surface area contributed by atoms with E-state index in [9.17, 15) is 17.6 Å².